The second-order valence-electron chi connectivity index (χ2n) is 11.9. The van der Waals surface area contributed by atoms with Gasteiger partial charge in [0, 0.05) is 37.3 Å². The Kier molecular flexibility index (Phi) is 6.85. The predicted molar refractivity (Wildman–Crippen MR) is 146 cm³/mol. The minimum absolute atomic E-state index is 0.0408. The van der Waals surface area contributed by atoms with Crippen molar-refractivity contribution in [2.45, 2.75) is 63.9 Å². The molecule has 1 N–H and O–H groups in total. The van der Waals surface area contributed by atoms with Gasteiger partial charge >= 0.3 is 6.09 Å². The van der Waals surface area contributed by atoms with Crippen LogP contribution < -0.4 is 15.0 Å². The summed E-state index contributed by atoms with van der Waals surface area (Å²) < 4.78 is 33.5. The molecule has 11 nitrogen and oxygen atoms in total. The van der Waals surface area contributed by atoms with E-state index in [9.17, 15) is 14.7 Å². The molecule has 3 aromatic rings. The summed E-state index contributed by atoms with van der Waals surface area (Å²) in [6.45, 7) is 7.85. The highest BCUT2D eigenvalue weighted by molar-refractivity contribution is 5.81. The number of hydrogen-bond acceptors (Lipinski definition) is 9. The van der Waals surface area contributed by atoms with E-state index < -0.39 is 23.1 Å². The molecule has 5 heterocycles. The van der Waals surface area contributed by atoms with Gasteiger partial charge in [-0.25, -0.2) is 14.2 Å². The number of fused-ring (bicyclic) bond motifs is 1. The normalized spacial score (nSPS) is 20.8. The number of rotatable bonds is 5. The lowest BCUT2D eigenvalue weighted by Crippen LogP contribution is -2.51. The number of aliphatic hydroxyl groups is 1. The van der Waals surface area contributed by atoms with Gasteiger partial charge in [0.2, 0.25) is 0 Å². The van der Waals surface area contributed by atoms with Gasteiger partial charge in [0.1, 0.15) is 30.2 Å². The molecule has 0 saturated carbocycles. The number of pyridine rings is 1. The van der Waals surface area contributed by atoms with Gasteiger partial charge in [-0.15, -0.1) is 0 Å². The van der Waals surface area contributed by atoms with Crippen LogP contribution in [0.3, 0.4) is 0 Å². The van der Waals surface area contributed by atoms with Crippen LogP contribution in [0, 0.1) is 5.82 Å². The van der Waals surface area contributed by atoms with Crippen LogP contribution in [0.2, 0.25) is 0 Å². The first-order valence-electron chi connectivity index (χ1n) is 13.9. The largest absolute Gasteiger partial charge is 0.486 e. The monoisotopic (exact) mass is 567 g/mol. The van der Waals surface area contributed by atoms with E-state index in [2.05, 4.69) is 14.9 Å². The van der Waals surface area contributed by atoms with Gasteiger partial charge in [-0.3, -0.25) is 19.6 Å². The maximum atomic E-state index is 15.0. The van der Waals surface area contributed by atoms with Crippen LogP contribution in [0.1, 0.15) is 44.9 Å². The lowest BCUT2D eigenvalue weighted by atomic mass is 9.92. The van der Waals surface area contributed by atoms with Crippen molar-refractivity contribution >= 4 is 17.1 Å². The van der Waals surface area contributed by atoms with Gasteiger partial charge < -0.3 is 23.9 Å². The van der Waals surface area contributed by atoms with Crippen molar-refractivity contribution in [3.63, 3.8) is 0 Å². The summed E-state index contributed by atoms with van der Waals surface area (Å²) in [7, 11) is 0. The van der Waals surface area contributed by atoms with Crippen LogP contribution in [0.25, 0.3) is 11.0 Å². The van der Waals surface area contributed by atoms with E-state index in [1.807, 2.05) is 20.8 Å². The standard InChI is InChI=1S/C29H34FN5O6/c1-28(2,3)41-27(37)34(15-18-12-22-23(13-31-18)40-11-10-39-22)19-6-8-33(9-7-19)16-29(38)17-35-24(36)14-32-21-5-4-20(30)25(29)26(21)35/h4-5,12-14,19,38H,6-11,15-17H2,1-3H3. The van der Waals surface area contributed by atoms with Crippen LogP contribution in [0.15, 0.2) is 35.4 Å². The number of likely N-dealkylation sites (tertiary alicyclic amines) is 1. The Bertz CT molecular complexity index is 1550. The zero-order chi connectivity index (χ0) is 28.9. The number of nitrogens with zero attached hydrogens (tertiary/aromatic N) is 5. The van der Waals surface area contributed by atoms with E-state index in [-0.39, 0.29) is 36.8 Å². The smallest absolute Gasteiger partial charge is 0.410 e. The Morgan fingerprint density at radius 2 is 1.90 bits per heavy atom. The van der Waals surface area contributed by atoms with Crippen LogP contribution in [-0.2, 0) is 23.4 Å². The van der Waals surface area contributed by atoms with E-state index in [0.717, 1.165) is 0 Å². The zero-order valence-corrected chi connectivity index (χ0v) is 23.4. The first-order chi connectivity index (χ1) is 19.5. The van der Waals surface area contributed by atoms with E-state index in [0.29, 0.717) is 67.4 Å². The van der Waals surface area contributed by atoms with Gasteiger partial charge in [-0.1, -0.05) is 0 Å². The number of β-amino-alcohol motifs (C(OH)–C–C–N with tert-alkyl or cyclic N) is 1. The van der Waals surface area contributed by atoms with Gasteiger partial charge in [-0.2, -0.15) is 0 Å². The molecule has 1 amide bonds. The summed E-state index contributed by atoms with van der Waals surface area (Å²) in [6.07, 6.45) is 3.60. The highest BCUT2D eigenvalue weighted by atomic mass is 19.1. The average Bonchev–Trinajstić information content (AvgIpc) is 3.24. The maximum absolute atomic E-state index is 15.0. The average molecular weight is 568 g/mol. The predicted octanol–water partition coefficient (Wildman–Crippen LogP) is 2.80. The Hall–Kier alpha value is -3.77. The van der Waals surface area contributed by atoms with Crippen molar-refractivity contribution in [3.05, 3.63) is 58.0 Å². The van der Waals surface area contributed by atoms with E-state index in [1.54, 1.807) is 17.2 Å². The van der Waals surface area contributed by atoms with Crippen molar-refractivity contribution in [2.75, 3.05) is 32.8 Å². The third-order valence-electron chi connectivity index (χ3n) is 7.77. The molecule has 1 aromatic carbocycles. The summed E-state index contributed by atoms with van der Waals surface area (Å²) >= 11 is 0. The number of halogens is 1. The van der Waals surface area contributed by atoms with Crippen molar-refractivity contribution in [1.29, 1.82) is 0 Å². The topological polar surface area (TPSA) is 119 Å². The zero-order valence-electron chi connectivity index (χ0n) is 23.4. The molecule has 3 aliphatic heterocycles. The summed E-state index contributed by atoms with van der Waals surface area (Å²) in [5, 5.41) is 11.7. The molecule has 2 aromatic heterocycles. The van der Waals surface area contributed by atoms with Crippen LogP contribution >= 0.6 is 0 Å². The fourth-order valence-corrected chi connectivity index (χ4v) is 5.98. The maximum Gasteiger partial charge on any atom is 0.410 e. The number of benzene rings is 1. The molecule has 0 bridgehead atoms. The number of ether oxygens (including phenoxy) is 3. The minimum atomic E-state index is -1.58. The van der Waals surface area contributed by atoms with Crippen molar-refractivity contribution in [3.8, 4) is 11.5 Å². The number of aromatic nitrogens is 3. The second kappa shape index (κ2) is 10.3. The van der Waals surface area contributed by atoms with Gasteiger partial charge in [0.25, 0.3) is 5.56 Å². The molecule has 41 heavy (non-hydrogen) atoms. The third kappa shape index (κ3) is 5.33. The number of hydrogen-bond donors (Lipinski definition) is 1. The fourth-order valence-electron chi connectivity index (χ4n) is 5.98. The minimum Gasteiger partial charge on any atom is -0.486 e. The quantitative estimate of drug-likeness (QED) is 0.496. The SMILES string of the molecule is CC(C)(C)OC(=O)N(Cc1cc2c(cn1)OCCO2)C1CCN(CC2(O)Cn3c(=O)cnc4ccc(F)c2c43)CC1. The molecule has 1 saturated heterocycles. The van der Waals surface area contributed by atoms with E-state index >= 15 is 4.39 Å². The van der Waals surface area contributed by atoms with E-state index in [1.165, 1.54) is 22.9 Å². The molecule has 1 fully saturated rings. The van der Waals surface area contributed by atoms with Crippen LogP contribution in [-0.4, -0.2) is 80.0 Å². The second-order valence-corrected chi connectivity index (χ2v) is 11.9. The third-order valence-corrected chi connectivity index (χ3v) is 7.77. The first-order valence-corrected chi connectivity index (χ1v) is 13.9. The highest BCUT2D eigenvalue weighted by Gasteiger charge is 2.43. The molecule has 1 unspecified atom stereocenters. The van der Waals surface area contributed by atoms with Crippen LogP contribution in [0.5, 0.6) is 11.5 Å². The molecule has 0 radical (unpaired) electrons. The molecular weight excluding hydrogens is 533 g/mol. The Balaban J connectivity index is 1.18. The Labute approximate surface area is 236 Å². The summed E-state index contributed by atoms with van der Waals surface area (Å²) in [5.41, 5.74) is -1.04. The summed E-state index contributed by atoms with van der Waals surface area (Å²) in [6, 6.07) is 4.45. The van der Waals surface area contributed by atoms with Gasteiger partial charge in [0.05, 0.1) is 42.2 Å². The lowest BCUT2D eigenvalue weighted by molar-refractivity contribution is -0.0263. The number of carbonyl (C=O) groups is 1. The number of piperidine rings is 1. The fraction of sp³-hybridized carbons (Fsp3) is 0.517. The highest BCUT2D eigenvalue weighted by Crippen LogP contribution is 2.38. The van der Waals surface area contributed by atoms with E-state index in [4.69, 9.17) is 14.2 Å². The first kappa shape index (κ1) is 27.4. The van der Waals surface area contributed by atoms with Crippen molar-refractivity contribution < 1.29 is 28.5 Å². The van der Waals surface area contributed by atoms with Gasteiger partial charge in [0.15, 0.2) is 11.5 Å². The molecule has 6 rings (SSSR count). The summed E-state index contributed by atoms with van der Waals surface area (Å²) in [4.78, 5) is 38.2. The lowest BCUT2D eigenvalue weighted by Gasteiger charge is -2.41. The molecule has 218 valence electrons. The number of amides is 1. The molecule has 3 aliphatic rings. The van der Waals surface area contributed by atoms with Crippen molar-refractivity contribution in [2.24, 2.45) is 0 Å². The van der Waals surface area contributed by atoms with Gasteiger partial charge in [-0.05, 0) is 45.7 Å². The molecule has 0 spiro atoms. The summed E-state index contributed by atoms with van der Waals surface area (Å²) in [5.74, 6) is 0.619. The Morgan fingerprint density at radius 3 is 2.63 bits per heavy atom. The number of carbonyl (C=O) groups excluding carboxylic acids is 1. The van der Waals surface area contributed by atoms with Crippen molar-refractivity contribution in [1.82, 2.24) is 24.3 Å². The molecule has 0 aliphatic carbocycles. The van der Waals surface area contributed by atoms with Crippen LogP contribution in [0.4, 0.5) is 9.18 Å². The Morgan fingerprint density at radius 1 is 1.17 bits per heavy atom. The molecule has 12 heteroatoms. The molecule has 1 atom stereocenters. The molecular formula is C29H34FN5O6.